The molecule has 130 valence electrons. The number of amides is 1. The van der Waals surface area contributed by atoms with Gasteiger partial charge in [0, 0.05) is 18.4 Å². The molecule has 3 rings (SSSR count). The molecule has 1 aliphatic rings. The van der Waals surface area contributed by atoms with Crippen molar-refractivity contribution in [3.63, 3.8) is 0 Å². The minimum Gasteiger partial charge on any atom is -0.469 e. The van der Waals surface area contributed by atoms with Gasteiger partial charge in [-0.15, -0.1) is 0 Å². The monoisotopic (exact) mass is 352 g/mol. The van der Waals surface area contributed by atoms with E-state index in [1.54, 1.807) is 16.9 Å². The highest BCUT2D eigenvalue weighted by atomic mass is 35.5. The number of rotatable bonds is 3. The first-order valence-corrected chi connectivity index (χ1v) is 8.19. The smallest absolute Gasteiger partial charge is 0.407 e. The zero-order valence-corrected chi connectivity index (χ0v) is 14.9. The molecule has 0 unspecified atom stereocenters. The van der Waals surface area contributed by atoms with Crippen LogP contribution in [0.3, 0.4) is 0 Å². The average Bonchev–Trinajstić information content (AvgIpc) is 2.82. The molecule has 24 heavy (non-hydrogen) atoms. The Labute approximate surface area is 145 Å². The zero-order valence-electron chi connectivity index (χ0n) is 14.2. The Morgan fingerprint density at radius 2 is 2.17 bits per heavy atom. The number of alkyl carbamates (subject to hydrolysis) is 1. The molecule has 7 nitrogen and oxygen atoms in total. The SMILES string of the molecule is CC(C)(C)NC(=O)OC1CC(C)(Oc2nc(Cl)cn3nccc23)C1. The fourth-order valence-electron chi connectivity index (χ4n) is 2.74. The molecule has 0 spiro atoms. The first-order valence-electron chi connectivity index (χ1n) is 7.81. The summed E-state index contributed by atoms with van der Waals surface area (Å²) in [5.41, 5.74) is -0.0240. The van der Waals surface area contributed by atoms with Crippen LogP contribution in [-0.4, -0.2) is 37.9 Å². The number of aromatic nitrogens is 3. The van der Waals surface area contributed by atoms with Gasteiger partial charge in [0.2, 0.25) is 5.88 Å². The van der Waals surface area contributed by atoms with Gasteiger partial charge in [0.05, 0.1) is 12.4 Å². The Balaban J connectivity index is 1.61. The van der Waals surface area contributed by atoms with Gasteiger partial charge in [-0.05, 0) is 33.8 Å². The van der Waals surface area contributed by atoms with Crippen molar-refractivity contribution in [1.82, 2.24) is 19.9 Å². The van der Waals surface area contributed by atoms with Crippen LogP contribution < -0.4 is 10.1 Å². The summed E-state index contributed by atoms with van der Waals surface area (Å²) in [6.45, 7) is 7.68. The quantitative estimate of drug-likeness (QED) is 0.917. The normalized spacial score (nSPS) is 23.6. The summed E-state index contributed by atoms with van der Waals surface area (Å²) in [4.78, 5) is 16.0. The topological polar surface area (TPSA) is 77.8 Å². The Morgan fingerprint density at radius 3 is 2.83 bits per heavy atom. The number of ether oxygens (including phenoxy) is 2. The Hall–Kier alpha value is -2.02. The maximum atomic E-state index is 11.8. The standard InChI is InChI=1S/C16H21ClN4O3/c1-15(2,3)20-14(22)23-10-7-16(4,8-10)24-13-11-5-6-18-21(11)9-12(17)19-13/h5-6,9-10H,7-8H2,1-4H3,(H,20,22). The van der Waals surface area contributed by atoms with Gasteiger partial charge in [-0.25, -0.2) is 9.31 Å². The van der Waals surface area contributed by atoms with Crippen LogP contribution in [0.25, 0.3) is 5.52 Å². The van der Waals surface area contributed by atoms with Crippen molar-refractivity contribution in [3.05, 3.63) is 23.6 Å². The van der Waals surface area contributed by atoms with Crippen molar-refractivity contribution in [2.75, 3.05) is 0 Å². The van der Waals surface area contributed by atoms with E-state index in [0.29, 0.717) is 23.9 Å². The Bertz CT molecular complexity index is 762. The van der Waals surface area contributed by atoms with Crippen molar-refractivity contribution in [2.45, 2.75) is 57.8 Å². The van der Waals surface area contributed by atoms with E-state index < -0.39 is 11.7 Å². The summed E-state index contributed by atoms with van der Waals surface area (Å²) in [6, 6.07) is 1.81. The van der Waals surface area contributed by atoms with Crippen molar-refractivity contribution in [1.29, 1.82) is 0 Å². The second-order valence-corrected chi connectivity index (χ2v) is 7.78. The van der Waals surface area contributed by atoms with Gasteiger partial charge in [0.25, 0.3) is 0 Å². The first kappa shape index (κ1) is 16.8. The van der Waals surface area contributed by atoms with Gasteiger partial charge < -0.3 is 14.8 Å². The van der Waals surface area contributed by atoms with E-state index in [-0.39, 0.29) is 11.6 Å². The van der Waals surface area contributed by atoms with E-state index in [0.717, 1.165) is 5.52 Å². The largest absolute Gasteiger partial charge is 0.469 e. The molecule has 1 saturated carbocycles. The van der Waals surface area contributed by atoms with E-state index in [4.69, 9.17) is 21.1 Å². The van der Waals surface area contributed by atoms with Crippen LogP contribution in [0, 0.1) is 0 Å². The van der Waals surface area contributed by atoms with Gasteiger partial charge in [-0.2, -0.15) is 10.1 Å². The van der Waals surface area contributed by atoms with E-state index in [1.807, 2.05) is 33.8 Å². The van der Waals surface area contributed by atoms with Crippen molar-refractivity contribution in [2.24, 2.45) is 0 Å². The van der Waals surface area contributed by atoms with Crippen LogP contribution in [0.5, 0.6) is 5.88 Å². The van der Waals surface area contributed by atoms with Gasteiger partial charge in [0.15, 0.2) is 5.15 Å². The summed E-state index contributed by atoms with van der Waals surface area (Å²) in [5.74, 6) is 0.431. The lowest BCUT2D eigenvalue weighted by Gasteiger charge is -2.43. The second kappa shape index (κ2) is 5.81. The van der Waals surface area contributed by atoms with Crippen LogP contribution in [0.15, 0.2) is 18.5 Å². The third-order valence-corrected chi connectivity index (χ3v) is 3.92. The highest BCUT2D eigenvalue weighted by Gasteiger charge is 2.45. The first-order chi connectivity index (χ1) is 11.1. The zero-order chi connectivity index (χ0) is 17.5. The van der Waals surface area contributed by atoms with E-state index >= 15 is 0 Å². The Kier molecular flexibility index (Phi) is 4.07. The van der Waals surface area contributed by atoms with Gasteiger partial charge in [-0.3, -0.25) is 0 Å². The highest BCUT2D eigenvalue weighted by Crippen LogP contribution is 2.39. The summed E-state index contributed by atoms with van der Waals surface area (Å²) >= 11 is 6.00. The molecule has 1 N–H and O–H groups in total. The predicted octanol–water partition coefficient (Wildman–Crippen LogP) is 3.21. The molecule has 2 aromatic heterocycles. The maximum absolute atomic E-state index is 11.8. The lowest BCUT2D eigenvalue weighted by molar-refractivity contribution is -0.0882. The summed E-state index contributed by atoms with van der Waals surface area (Å²) < 4.78 is 13.1. The van der Waals surface area contributed by atoms with E-state index in [9.17, 15) is 4.79 Å². The van der Waals surface area contributed by atoms with Gasteiger partial charge in [0.1, 0.15) is 17.2 Å². The number of nitrogens with one attached hydrogen (secondary N) is 1. The molecule has 2 heterocycles. The molecule has 0 atom stereocenters. The highest BCUT2D eigenvalue weighted by molar-refractivity contribution is 6.29. The van der Waals surface area contributed by atoms with Crippen LogP contribution in [0.2, 0.25) is 5.15 Å². The van der Waals surface area contributed by atoms with Gasteiger partial charge >= 0.3 is 6.09 Å². The molecule has 1 aliphatic carbocycles. The van der Waals surface area contributed by atoms with E-state index in [1.165, 1.54) is 0 Å². The number of hydrogen-bond donors (Lipinski definition) is 1. The third kappa shape index (κ3) is 3.72. The molecular weight excluding hydrogens is 332 g/mol. The Morgan fingerprint density at radius 1 is 1.46 bits per heavy atom. The number of carbonyl (C=O) groups excluding carboxylic acids is 1. The minimum atomic E-state index is -0.449. The predicted molar refractivity (Wildman–Crippen MR) is 89.4 cm³/mol. The summed E-state index contributed by atoms with van der Waals surface area (Å²) in [7, 11) is 0. The molecule has 0 aliphatic heterocycles. The average molecular weight is 353 g/mol. The molecule has 1 amide bonds. The number of hydrogen-bond acceptors (Lipinski definition) is 5. The molecule has 0 bridgehead atoms. The molecule has 0 radical (unpaired) electrons. The van der Waals surface area contributed by atoms with Crippen molar-refractivity contribution < 1.29 is 14.3 Å². The summed E-state index contributed by atoms with van der Waals surface area (Å²) in [6.07, 6.45) is 3.89. The lowest BCUT2D eigenvalue weighted by atomic mass is 9.79. The molecular formula is C16H21ClN4O3. The number of fused-ring (bicyclic) bond motifs is 1. The summed E-state index contributed by atoms with van der Waals surface area (Å²) in [5, 5.41) is 7.22. The van der Waals surface area contributed by atoms with Crippen LogP contribution in [-0.2, 0) is 4.74 Å². The molecule has 2 aromatic rings. The number of nitrogens with zero attached hydrogens (tertiary/aromatic N) is 3. The molecule has 0 aromatic carbocycles. The minimum absolute atomic E-state index is 0.169. The maximum Gasteiger partial charge on any atom is 0.407 e. The third-order valence-electron chi connectivity index (χ3n) is 3.74. The fraction of sp³-hybridized carbons (Fsp3) is 0.562. The second-order valence-electron chi connectivity index (χ2n) is 7.39. The van der Waals surface area contributed by atoms with Crippen LogP contribution in [0.4, 0.5) is 4.79 Å². The van der Waals surface area contributed by atoms with Crippen LogP contribution in [0.1, 0.15) is 40.5 Å². The fourth-order valence-corrected chi connectivity index (χ4v) is 2.91. The van der Waals surface area contributed by atoms with Crippen molar-refractivity contribution >= 4 is 23.2 Å². The van der Waals surface area contributed by atoms with Gasteiger partial charge in [-0.1, -0.05) is 11.6 Å². The number of carbonyl (C=O) groups is 1. The lowest BCUT2D eigenvalue weighted by Crippen LogP contribution is -2.53. The van der Waals surface area contributed by atoms with E-state index in [2.05, 4.69) is 15.4 Å². The molecule has 1 fully saturated rings. The number of halogens is 1. The molecule has 8 heteroatoms. The molecule has 0 saturated heterocycles. The van der Waals surface area contributed by atoms with Crippen molar-refractivity contribution in [3.8, 4) is 5.88 Å². The van der Waals surface area contributed by atoms with Crippen LogP contribution >= 0.6 is 11.6 Å².